The second-order valence-corrected chi connectivity index (χ2v) is 5.95. The molecule has 0 fully saturated rings. The van der Waals surface area contributed by atoms with Crippen LogP contribution in [0.5, 0.6) is 0 Å². The summed E-state index contributed by atoms with van der Waals surface area (Å²) in [6.07, 6.45) is 0. The van der Waals surface area contributed by atoms with Gasteiger partial charge in [0.25, 0.3) is 0 Å². The molecule has 1 unspecified atom stereocenters. The van der Waals surface area contributed by atoms with Gasteiger partial charge in [0.2, 0.25) is 0 Å². The zero-order chi connectivity index (χ0) is 14.2. The molecular formula is C16H20BrNO. The smallest absolute Gasteiger partial charge is 0.106 e. The van der Waals surface area contributed by atoms with E-state index in [1.54, 1.807) is 0 Å². The van der Waals surface area contributed by atoms with Crippen LogP contribution in [0, 0.1) is 27.7 Å². The molecule has 2 aromatic rings. The number of hydrogen-bond donors (Lipinski definition) is 1. The highest BCUT2D eigenvalue weighted by molar-refractivity contribution is 9.10. The van der Waals surface area contributed by atoms with Crippen LogP contribution in [0.4, 0.5) is 5.69 Å². The summed E-state index contributed by atoms with van der Waals surface area (Å²) in [4.78, 5) is 0. The lowest BCUT2D eigenvalue weighted by atomic mass is 10.1. The van der Waals surface area contributed by atoms with Crippen LogP contribution in [0.25, 0.3) is 0 Å². The summed E-state index contributed by atoms with van der Waals surface area (Å²) in [5, 5.41) is 3.54. The molecule has 2 nitrogen and oxygen atoms in total. The molecule has 1 heterocycles. The van der Waals surface area contributed by atoms with Crippen molar-refractivity contribution in [3.63, 3.8) is 0 Å². The van der Waals surface area contributed by atoms with Crippen LogP contribution < -0.4 is 5.32 Å². The average molecular weight is 322 g/mol. The van der Waals surface area contributed by atoms with Crippen molar-refractivity contribution in [2.75, 3.05) is 5.32 Å². The summed E-state index contributed by atoms with van der Waals surface area (Å²) in [5.41, 5.74) is 4.85. The number of benzene rings is 1. The third-order valence-electron chi connectivity index (χ3n) is 3.37. The maximum atomic E-state index is 5.59. The van der Waals surface area contributed by atoms with Crippen LogP contribution in [-0.2, 0) is 0 Å². The lowest BCUT2D eigenvalue weighted by Gasteiger charge is -2.16. The summed E-state index contributed by atoms with van der Waals surface area (Å²) in [6.45, 7) is 10.4. The summed E-state index contributed by atoms with van der Waals surface area (Å²) >= 11 is 3.60. The van der Waals surface area contributed by atoms with Gasteiger partial charge in [-0.25, -0.2) is 0 Å². The van der Waals surface area contributed by atoms with Crippen molar-refractivity contribution in [1.29, 1.82) is 0 Å². The third kappa shape index (κ3) is 3.03. The monoisotopic (exact) mass is 321 g/mol. The molecule has 0 aliphatic carbocycles. The summed E-state index contributed by atoms with van der Waals surface area (Å²) in [6, 6.07) is 6.66. The van der Waals surface area contributed by atoms with Gasteiger partial charge in [0.05, 0.1) is 6.04 Å². The Kier molecular flexibility index (Phi) is 4.04. The molecule has 0 saturated heterocycles. The Morgan fingerprint density at radius 3 is 2.11 bits per heavy atom. The van der Waals surface area contributed by atoms with E-state index in [2.05, 4.69) is 60.2 Å². The first kappa shape index (κ1) is 14.2. The lowest BCUT2D eigenvalue weighted by molar-refractivity contribution is 0.500. The van der Waals surface area contributed by atoms with Gasteiger partial charge < -0.3 is 9.73 Å². The van der Waals surface area contributed by atoms with E-state index in [1.165, 1.54) is 21.2 Å². The molecule has 0 amide bonds. The van der Waals surface area contributed by atoms with Crippen molar-refractivity contribution in [2.24, 2.45) is 0 Å². The highest BCUT2D eigenvalue weighted by Gasteiger charge is 2.13. The molecule has 102 valence electrons. The van der Waals surface area contributed by atoms with Crippen LogP contribution in [0.15, 0.2) is 27.1 Å². The zero-order valence-electron chi connectivity index (χ0n) is 12.1. The van der Waals surface area contributed by atoms with Crippen molar-refractivity contribution in [3.8, 4) is 0 Å². The van der Waals surface area contributed by atoms with Crippen LogP contribution in [-0.4, -0.2) is 0 Å². The standard InChI is InChI=1S/C16H20BrNO/c1-9-6-14(7-10(2)16(9)17)18-12(4)15-8-11(3)19-13(15)5/h6-8,12,18H,1-5H3. The molecule has 19 heavy (non-hydrogen) atoms. The molecule has 1 aromatic heterocycles. The fraction of sp³-hybridized carbons (Fsp3) is 0.375. The Bertz CT molecular complexity index is 578. The second kappa shape index (κ2) is 5.41. The Morgan fingerprint density at radius 2 is 1.63 bits per heavy atom. The number of nitrogens with one attached hydrogen (secondary N) is 1. The highest BCUT2D eigenvalue weighted by atomic mass is 79.9. The minimum absolute atomic E-state index is 0.234. The maximum absolute atomic E-state index is 5.59. The molecule has 1 aromatic carbocycles. The molecule has 0 bridgehead atoms. The minimum atomic E-state index is 0.234. The van der Waals surface area contributed by atoms with Crippen molar-refractivity contribution < 1.29 is 4.42 Å². The second-order valence-electron chi connectivity index (χ2n) is 5.16. The van der Waals surface area contributed by atoms with Gasteiger partial charge in [-0.2, -0.15) is 0 Å². The van der Waals surface area contributed by atoms with Crippen molar-refractivity contribution in [3.05, 3.63) is 50.9 Å². The van der Waals surface area contributed by atoms with Gasteiger partial charge in [0, 0.05) is 15.7 Å². The van der Waals surface area contributed by atoms with E-state index < -0.39 is 0 Å². The number of rotatable bonds is 3. The first-order valence-corrected chi connectivity index (χ1v) is 7.28. The molecule has 1 atom stereocenters. The van der Waals surface area contributed by atoms with E-state index in [9.17, 15) is 0 Å². The molecule has 1 N–H and O–H groups in total. The molecular weight excluding hydrogens is 302 g/mol. The number of hydrogen-bond acceptors (Lipinski definition) is 2. The third-order valence-corrected chi connectivity index (χ3v) is 4.62. The molecule has 3 heteroatoms. The summed E-state index contributed by atoms with van der Waals surface area (Å²) in [7, 11) is 0. The number of halogens is 1. The average Bonchev–Trinajstić information content (AvgIpc) is 2.65. The fourth-order valence-electron chi connectivity index (χ4n) is 2.44. The van der Waals surface area contributed by atoms with Crippen LogP contribution in [0.2, 0.25) is 0 Å². The van der Waals surface area contributed by atoms with E-state index in [-0.39, 0.29) is 6.04 Å². The topological polar surface area (TPSA) is 25.2 Å². The van der Waals surface area contributed by atoms with E-state index in [1.807, 2.05) is 13.8 Å². The van der Waals surface area contributed by atoms with Crippen molar-refractivity contribution in [1.82, 2.24) is 0 Å². The maximum Gasteiger partial charge on any atom is 0.106 e. The van der Waals surface area contributed by atoms with Gasteiger partial charge in [0.15, 0.2) is 0 Å². The molecule has 2 rings (SSSR count). The summed E-state index contributed by atoms with van der Waals surface area (Å²) in [5.74, 6) is 1.95. The van der Waals surface area contributed by atoms with E-state index in [4.69, 9.17) is 4.42 Å². The van der Waals surface area contributed by atoms with E-state index >= 15 is 0 Å². The quantitative estimate of drug-likeness (QED) is 0.813. The van der Waals surface area contributed by atoms with Gasteiger partial charge in [-0.3, -0.25) is 0 Å². The molecule has 0 radical (unpaired) electrons. The Labute approximate surface area is 123 Å². The van der Waals surface area contributed by atoms with Crippen molar-refractivity contribution >= 4 is 21.6 Å². The van der Waals surface area contributed by atoms with Gasteiger partial charge in [-0.15, -0.1) is 0 Å². The van der Waals surface area contributed by atoms with Gasteiger partial charge in [0.1, 0.15) is 11.5 Å². The number of aryl methyl sites for hydroxylation is 4. The summed E-state index contributed by atoms with van der Waals surface area (Å²) < 4.78 is 6.77. The lowest BCUT2D eigenvalue weighted by Crippen LogP contribution is -2.07. The number of furan rings is 1. The Hall–Kier alpha value is -1.22. The minimum Gasteiger partial charge on any atom is -0.466 e. The Morgan fingerprint density at radius 1 is 1.05 bits per heavy atom. The van der Waals surface area contributed by atoms with Crippen LogP contribution in [0.1, 0.15) is 41.2 Å². The highest BCUT2D eigenvalue weighted by Crippen LogP contribution is 2.29. The molecule has 0 saturated carbocycles. The zero-order valence-corrected chi connectivity index (χ0v) is 13.7. The largest absolute Gasteiger partial charge is 0.466 e. The van der Waals surface area contributed by atoms with Gasteiger partial charge in [-0.05, 0) is 63.9 Å². The van der Waals surface area contributed by atoms with E-state index in [0.29, 0.717) is 0 Å². The molecule has 0 aliphatic rings. The fourth-order valence-corrected chi connectivity index (χ4v) is 2.67. The van der Waals surface area contributed by atoms with Gasteiger partial charge >= 0.3 is 0 Å². The first-order chi connectivity index (χ1) is 8.88. The van der Waals surface area contributed by atoms with Crippen LogP contribution in [0.3, 0.4) is 0 Å². The van der Waals surface area contributed by atoms with E-state index in [0.717, 1.165) is 17.2 Å². The predicted molar refractivity (Wildman–Crippen MR) is 83.8 cm³/mol. The Balaban J connectivity index is 2.24. The van der Waals surface area contributed by atoms with Crippen molar-refractivity contribution in [2.45, 2.75) is 40.7 Å². The molecule has 0 spiro atoms. The molecule has 0 aliphatic heterocycles. The predicted octanol–water partition coefficient (Wildman–Crippen LogP) is 5.45. The number of anilines is 1. The van der Waals surface area contributed by atoms with Crippen LogP contribution >= 0.6 is 15.9 Å². The van der Waals surface area contributed by atoms with Gasteiger partial charge in [-0.1, -0.05) is 15.9 Å². The first-order valence-electron chi connectivity index (χ1n) is 6.48. The normalized spacial score (nSPS) is 12.5. The SMILES string of the molecule is Cc1cc(C(C)Nc2cc(C)c(Br)c(C)c2)c(C)o1.